The highest BCUT2D eigenvalue weighted by molar-refractivity contribution is 5.87. The highest BCUT2D eigenvalue weighted by Crippen LogP contribution is 2.23. The largest absolute Gasteiger partial charge is 0.379 e. The summed E-state index contributed by atoms with van der Waals surface area (Å²) in [6.07, 6.45) is 4.38. The minimum absolute atomic E-state index is 0.308. The Kier molecular flexibility index (Phi) is 3.01. The zero-order valence-corrected chi connectivity index (χ0v) is 11.4. The van der Waals surface area contributed by atoms with Crippen molar-refractivity contribution in [2.45, 2.75) is 12.5 Å². The molecule has 0 saturated carbocycles. The first-order valence-electron chi connectivity index (χ1n) is 7.00. The second kappa shape index (κ2) is 5.14. The molecule has 1 fully saturated rings. The van der Waals surface area contributed by atoms with E-state index in [-0.39, 0.29) is 0 Å². The highest BCUT2D eigenvalue weighted by Gasteiger charge is 2.18. The van der Waals surface area contributed by atoms with Gasteiger partial charge in [-0.25, -0.2) is 14.6 Å². The zero-order chi connectivity index (χ0) is 14.1. The zero-order valence-electron chi connectivity index (χ0n) is 11.4. The molecule has 0 bridgehead atoms. The van der Waals surface area contributed by atoms with Crippen LogP contribution in [0.5, 0.6) is 0 Å². The van der Waals surface area contributed by atoms with Crippen LogP contribution in [0.4, 0.5) is 5.82 Å². The van der Waals surface area contributed by atoms with Crippen molar-refractivity contribution in [3.8, 4) is 5.69 Å². The number of rotatable bonds is 3. The summed E-state index contributed by atoms with van der Waals surface area (Å²) in [4.78, 5) is 8.72. The fraction of sp³-hybridized carbons (Fsp3) is 0.267. The molecule has 0 aliphatic carbocycles. The van der Waals surface area contributed by atoms with Gasteiger partial charge in [0.15, 0.2) is 5.65 Å². The molecule has 1 unspecified atom stereocenters. The first-order valence-corrected chi connectivity index (χ1v) is 7.00. The summed E-state index contributed by atoms with van der Waals surface area (Å²) in [5.41, 5.74) is 1.79. The summed E-state index contributed by atoms with van der Waals surface area (Å²) in [6.45, 7) is 1.52. The fourth-order valence-corrected chi connectivity index (χ4v) is 2.56. The van der Waals surface area contributed by atoms with Gasteiger partial charge in [0.2, 0.25) is 0 Å². The maximum atomic E-state index is 5.39. The van der Waals surface area contributed by atoms with Gasteiger partial charge < -0.3 is 10.1 Å². The van der Waals surface area contributed by atoms with Crippen molar-refractivity contribution in [1.29, 1.82) is 0 Å². The molecule has 4 rings (SSSR count). The molecule has 3 heterocycles. The number of ether oxygens (including phenoxy) is 1. The Morgan fingerprint density at radius 3 is 2.90 bits per heavy atom. The quantitative estimate of drug-likeness (QED) is 0.795. The van der Waals surface area contributed by atoms with E-state index in [0.717, 1.165) is 42.2 Å². The van der Waals surface area contributed by atoms with Gasteiger partial charge in [0.05, 0.1) is 29.9 Å². The maximum absolute atomic E-state index is 5.39. The summed E-state index contributed by atoms with van der Waals surface area (Å²) in [6, 6.07) is 10.3. The van der Waals surface area contributed by atoms with E-state index < -0.39 is 0 Å². The second-order valence-electron chi connectivity index (χ2n) is 5.06. The van der Waals surface area contributed by atoms with Crippen LogP contribution in [-0.2, 0) is 4.74 Å². The van der Waals surface area contributed by atoms with Crippen LogP contribution < -0.4 is 5.32 Å². The lowest BCUT2D eigenvalue weighted by molar-refractivity contribution is 0.195. The lowest BCUT2D eigenvalue weighted by Gasteiger charge is -2.11. The van der Waals surface area contributed by atoms with E-state index in [0.29, 0.717) is 6.04 Å². The molecule has 2 aromatic heterocycles. The lowest BCUT2D eigenvalue weighted by atomic mass is 10.2. The number of nitrogens with one attached hydrogen (secondary N) is 1. The van der Waals surface area contributed by atoms with Crippen molar-refractivity contribution < 1.29 is 4.74 Å². The first-order chi connectivity index (χ1) is 10.4. The van der Waals surface area contributed by atoms with E-state index in [4.69, 9.17) is 4.74 Å². The van der Waals surface area contributed by atoms with Gasteiger partial charge in [-0.05, 0) is 18.6 Å². The van der Waals surface area contributed by atoms with Crippen molar-refractivity contribution in [3.63, 3.8) is 0 Å². The highest BCUT2D eigenvalue weighted by atomic mass is 16.5. The molecule has 1 atom stereocenters. The standard InChI is InChI=1S/C15H15N5O/c1-2-4-12(5-3-1)20-15-13(8-18-20)14(16-10-17-15)19-11-6-7-21-9-11/h1-5,8,10-11H,6-7,9H2,(H,16,17,19). The van der Waals surface area contributed by atoms with Gasteiger partial charge in [0.1, 0.15) is 12.1 Å². The molecule has 1 aliphatic heterocycles. The summed E-state index contributed by atoms with van der Waals surface area (Å²) in [5, 5.41) is 8.79. The Labute approximate surface area is 121 Å². The van der Waals surface area contributed by atoms with Gasteiger partial charge in [0, 0.05) is 6.61 Å². The predicted octanol–water partition coefficient (Wildman–Crippen LogP) is 2.02. The van der Waals surface area contributed by atoms with E-state index in [1.54, 1.807) is 12.5 Å². The molecule has 21 heavy (non-hydrogen) atoms. The Morgan fingerprint density at radius 1 is 1.19 bits per heavy atom. The number of hydrogen-bond acceptors (Lipinski definition) is 5. The molecule has 1 aromatic carbocycles. The smallest absolute Gasteiger partial charge is 0.168 e. The van der Waals surface area contributed by atoms with Crippen molar-refractivity contribution in [1.82, 2.24) is 19.7 Å². The van der Waals surface area contributed by atoms with Crippen LogP contribution in [0.25, 0.3) is 16.7 Å². The van der Waals surface area contributed by atoms with Crippen LogP contribution in [0, 0.1) is 0 Å². The number of fused-ring (bicyclic) bond motifs is 1. The lowest BCUT2D eigenvalue weighted by Crippen LogP contribution is -2.19. The molecule has 1 N–H and O–H groups in total. The molecular formula is C15H15N5O. The van der Waals surface area contributed by atoms with Gasteiger partial charge in [0.25, 0.3) is 0 Å². The molecule has 0 radical (unpaired) electrons. The normalized spacial score (nSPS) is 18.2. The Balaban J connectivity index is 1.75. The van der Waals surface area contributed by atoms with Crippen LogP contribution in [0.1, 0.15) is 6.42 Å². The van der Waals surface area contributed by atoms with Gasteiger partial charge >= 0.3 is 0 Å². The summed E-state index contributed by atoms with van der Waals surface area (Å²) < 4.78 is 7.22. The van der Waals surface area contributed by atoms with Crippen molar-refractivity contribution in [3.05, 3.63) is 42.9 Å². The van der Waals surface area contributed by atoms with E-state index in [9.17, 15) is 0 Å². The predicted molar refractivity (Wildman–Crippen MR) is 79.5 cm³/mol. The molecule has 106 valence electrons. The molecule has 3 aromatic rings. The van der Waals surface area contributed by atoms with Gasteiger partial charge in [-0.3, -0.25) is 0 Å². The summed E-state index contributed by atoms with van der Waals surface area (Å²) in [5.74, 6) is 0.817. The second-order valence-corrected chi connectivity index (χ2v) is 5.06. The third-order valence-electron chi connectivity index (χ3n) is 3.64. The first kappa shape index (κ1) is 12.3. The van der Waals surface area contributed by atoms with Gasteiger partial charge in [-0.15, -0.1) is 0 Å². The Morgan fingerprint density at radius 2 is 2.10 bits per heavy atom. The van der Waals surface area contributed by atoms with Gasteiger partial charge in [-0.1, -0.05) is 18.2 Å². The fourth-order valence-electron chi connectivity index (χ4n) is 2.56. The molecule has 6 heteroatoms. The molecule has 1 saturated heterocycles. The number of benzene rings is 1. The van der Waals surface area contributed by atoms with E-state index >= 15 is 0 Å². The van der Waals surface area contributed by atoms with Crippen LogP contribution >= 0.6 is 0 Å². The molecule has 1 aliphatic rings. The SMILES string of the molecule is c1ccc(-n2ncc3c(NC4CCOC4)ncnc32)cc1. The van der Waals surface area contributed by atoms with Gasteiger partial charge in [-0.2, -0.15) is 5.10 Å². The number of hydrogen-bond donors (Lipinski definition) is 1. The summed E-state index contributed by atoms with van der Waals surface area (Å²) >= 11 is 0. The van der Waals surface area contributed by atoms with E-state index in [2.05, 4.69) is 20.4 Å². The third kappa shape index (κ3) is 2.23. The average molecular weight is 281 g/mol. The average Bonchev–Trinajstić information content (AvgIpc) is 3.18. The van der Waals surface area contributed by atoms with Crippen LogP contribution in [-0.4, -0.2) is 39.0 Å². The van der Waals surface area contributed by atoms with E-state index in [1.807, 2.05) is 35.0 Å². The molecule has 6 nitrogen and oxygen atoms in total. The monoisotopic (exact) mass is 281 g/mol. The number of aromatic nitrogens is 4. The topological polar surface area (TPSA) is 64.9 Å². The number of anilines is 1. The Bertz CT molecular complexity index is 749. The van der Waals surface area contributed by atoms with Crippen molar-refractivity contribution >= 4 is 16.9 Å². The Hall–Kier alpha value is -2.47. The van der Waals surface area contributed by atoms with Crippen LogP contribution in [0.2, 0.25) is 0 Å². The minimum Gasteiger partial charge on any atom is -0.379 e. The third-order valence-corrected chi connectivity index (χ3v) is 3.64. The molecule has 0 spiro atoms. The minimum atomic E-state index is 0.308. The van der Waals surface area contributed by atoms with Crippen LogP contribution in [0.15, 0.2) is 42.9 Å². The van der Waals surface area contributed by atoms with Crippen LogP contribution in [0.3, 0.4) is 0 Å². The van der Waals surface area contributed by atoms with Crippen molar-refractivity contribution in [2.75, 3.05) is 18.5 Å². The molecular weight excluding hydrogens is 266 g/mol. The van der Waals surface area contributed by atoms with Crippen molar-refractivity contribution in [2.24, 2.45) is 0 Å². The number of nitrogens with zero attached hydrogens (tertiary/aromatic N) is 4. The number of para-hydroxylation sites is 1. The summed E-state index contributed by atoms with van der Waals surface area (Å²) in [7, 11) is 0. The van der Waals surface area contributed by atoms with E-state index in [1.165, 1.54) is 0 Å². The molecule has 0 amide bonds. The maximum Gasteiger partial charge on any atom is 0.168 e.